The maximum atomic E-state index is 10.9. The van der Waals surface area contributed by atoms with Gasteiger partial charge in [0, 0.05) is 5.75 Å². The van der Waals surface area contributed by atoms with E-state index in [1.54, 1.807) is 6.92 Å². The second-order valence-corrected chi connectivity index (χ2v) is 5.21. The summed E-state index contributed by atoms with van der Waals surface area (Å²) in [6.45, 7) is 1.63. The van der Waals surface area contributed by atoms with Gasteiger partial charge in [-0.25, -0.2) is 4.98 Å². The number of hydrogen-bond acceptors (Lipinski definition) is 6. The quantitative estimate of drug-likeness (QED) is 0.708. The summed E-state index contributed by atoms with van der Waals surface area (Å²) in [6.07, 6.45) is 2.04. The van der Waals surface area contributed by atoms with Crippen LogP contribution in [-0.4, -0.2) is 26.6 Å². The number of rotatable bonds is 5. The number of amides is 1. The van der Waals surface area contributed by atoms with Crippen molar-refractivity contribution in [3.8, 4) is 0 Å². The lowest BCUT2D eigenvalue weighted by atomic mass is 10.0. The molecule has 1 aromatic heterocycles. The smallest absolute Gasteiger partial charge is 0.237 e. The van der Waals surface area contributed by atoms with Crippen LogP contribution in [0, 0.1) is 0 Å². The molecule has 0 aromatic carbocycles. The van der Waals surface area contributed by atoms with Crippen LogP contribution in [0.3, 0.4) is 0 Å². The third-order valence-electron chi connectivity index (χ3n) is 1.75. The van der Waals surface area contributed by atoms with Gasteiger partial charge in [-0.05, 0) is 24.9 Å². The predicted octanol–water partition coefficient (Wildman–Crippen LogP) is 0.223. The Labute approximate surface area is 90.4 Å². The van der Waals surface area contributed by atoms with Gasteiger partial charge in [-0.15, -0.1) is 0 Å². The molecule has 0 bridgehead atoms. The molecule has 1 rings (SSSR count). The highest BCUT2D eigenvalue weighted by Crippen LogP contribution is 2.21. The van der Waals surface area contributed by atoms with E-state index in [1.807, 2.05) is 0 Å². The molecule has 4 N–H and O–H groups in total. The van der Waals surface area contributed by atoms with Crippen LogP contribution in [0.2, 0.25) is 0 Å². The Morgan fingerprint density at radius 1 is 1.79 bits per heavy atom. The second-order valence-electron chi connectivity index (χ2n) is 3.09. The first-order valence-electron chi connectivity index (χ1n) is 4.00. The highest BCUT2D eigenvalue weighted by molar-refractivity contribution is 8.00. The van der Waals surface area contributed by atoms with Crippen molar-refractivity contribution in [3.63, 3.8) is 0 Å². The Hall–Kier alpha value is -0.660. The third kappa shape index (κ3) is 3.24. The van der Waals surface area contributed by atoms with Crippen LogP contribution in [0.4, 0.5) is 0 Å². The van der Waals surface area contributed by atoms with Gasteiger partial charge in [0.2, 0.25) is 5.91 Å². The summed E-state index contributed by atoms with van der Waals surface area (Å²) in [4.78, 5) is 14.9. The van der Waals surface area contributed by atoms with E-state index in [4.69, 9.17) is 11.5 Å². The van der Waals surface area contributed by atoms with Crippen molar-refractivity contribution in [1.82, 2.24) is 9.36 Å². The Balaban J connectivity index is 2.31. The minimum atomic E-state index is -0.933. The van der Waals surface area contributed by atoms with E-state index in [1.165, 1.54) is 29.6 Å². The largest absolute Gasteiger partial charge is 0.368 e. The van der Waals surface area contributed by atoms with E-state index in [0.29, 0.717) is 12.2 Å². The zero-order valence-electron chi connectivity index (χ0n) is 7.77. The van der Waals surface area contributed by atoms with Crippen molar-refractivity contribution in [1.29, 1.82) is 0 Å². The molecule has 0 spiro atoms. The molecule has 0 saturated heterocycles. The molecule has 5 nitrogen and oxygen atoms in total. The van der Waals surface area contributed by atoms with Crippen LogP contribution in [0.15, 0.2) is 10.7 Å². The summed E-state index contributed by atoms with van der Waals surface area (Å²) in [7, 11) is 0. The lowest BCUT2D eigenvalue weighted by Gasteiger charge is -2.19. The Morgan fingerprint density at radius 3 is 3.00 bits per heavy atom. The van der Waals surface area contributed by atoms with Crippen LogP contribution in [0.25, 0.3) is 0 Å². The summed E-state index contributed by atoms with van der Waals surface area (Å²) in [5, 5.41) is 0. The zero-order valence-corrected chi connectivity index (χ0v) is 9.40. The number of primary amides is 1. The molecule has 1 heterocycles. The number of nitrogens with two attached hydrogens (primary N) is 2. The van der Waals surface area contributed by atoms with Crippen LogP contribution >= 0.6 is 23.3 Å². The summed E-state index contributed by atoms with van der Waals surface area (Å²) in [6, 6.07) is 0. The van der Waals surface area contributed by atoms with Gasteiger partial charge in [-0.1, -0.05) is 11.8 Å². The highest BCUT2D eigenvalue weighted by atomic mass is 32.2. The Kier molecular flexibility index (Phi) is 3.85. The molecule has 0 fully saturated rings. The molecule has 0 aliphatic carbocycles. The molecule has 0 radical (unpaired) electrons. The number of carbonyl (C=O) groups excluding carboxylic acids is 1. The number of carbonyl (C=O) groups is 1. The summed E-state index contributed by atoms with van der Waals surface area (Å²) in [5.74, 6) is 0.237. The van der Waals surface area contributed by atoms with Crippen molar-refractivity contribution in [2.24, 2.45) is 11.5 Å². The molecular formula is C7H12N4OS2. The van der Waals surface area contributed by atoms with Crippen molar-refractivity contribution in [2.45, 2.75) is 23.2 Å². The third-order valence-corrected chi connectivity index (χ3v) is 3.55. The summed E-state index contributed by atoms with van der Waals surface area (Å²) < 4.78 is 4.74. The Bertz CT molecular complexity index is 299. The molecule has 7 heteroatoms. The minimum Gasteiger partial charge on any atom is -0.368 e. The van der Waals surface area contributed by atoms with Crippen LogP contribution in [-0.2, 0) is 4.79 Å². The molecule has 1 atom stereocenters. The van der Waals surface area contributed by atoms with E-state index in [2.05, 4.69) is 9.36 Å². The molecule has 78 valence electrons. The first kappa shape index (κ1) is 11.4. The van der Waals surface area contributed by atoms with Gasteiger partial charge >= 0.3 is 0 Å². The van der Waals surface area contributed by atoms with Crippen LogP contribution in [0.5, 0.6) is 0 Å². The maximum Gasteiger partial charge on any atom is 0.237 e. The standard InChI is InChI=1S/C7H12N4OS2/c1-7(9,5(8)12)2-3-13-6-10-4-11-14-6/h4H,2-3,9H2,1H3,(H2,8,12). The van der Waals surface area contributed by atoms with E-state index in [9.17, 15) is 4.79 Å². The normalized spacial score (nSPS) is 15.0. The lowest BCUT2D eigenvalue weighted by Crippen LogP contribution is -2.49. The van der Waals surface area contributed by atoms with Gasteiger partial charge < -0.3 is 11.5 Å². The topological polar surface area (TPSA) is 94.9 Å². The molecular weight excluding hydrogens is 220 g/mol. The van der Waals surface area contributed by atoms with Gasteiger partial charge in [0.05, 0.1) is 5.54 Å². The van der Waals surface area contributed by atoms with Gasteiger partial charge in [0.15, 0.2) is 4.34 Å². The van der Waals surface area contributed by atoms with Gasteiger partial charge in [-0.3, -0.25) is 4.79 Å². The second kappa shape index (κ2) is 4.72. The van der Waals surface area contributed by atoms with E-state index >= 15 is 0 Å². The van der Waals surface area contributed by atoms with Crippen LogP contribution < -0.4 is 11.5 Å². The molecule has 1 unspecified atom stereocenters. The number of nitrogens with zero attached hydrogens (tertiary/aromatic N) is 2. The van der Waals surface area contributed by atoms with Gasteiger partial charge in [0.25, 0.3) is 0 Å². The van der Waals surface area contributed by atoms with Crippen molar-refractivity contribution in [3.05, 3.63) is 6.33 Å². The number of thioether (sulfide) groups is 1. The van der Waals surface area contributed by atoms with E-state index < -0.39 is 11.4 Å². The van der Waals surface area contributed by atoms with Crippen molar-refractivity contribution < 1.29 is 4.79 Å². The summed E-state index contributed by atoms with van der Waals surface area (Å²) >= 11 is 2.86. The van der Waals surface area contributed by atoms with Crippen LogP contribution in [0.1, 0.15) is 13.3 Å². The van der Waals surface area contributed by atoms with E-state index in [0.717, 1.165) is 4.34 Å². The molecule has 0 aliphatic heterocycles. The van der Waals surface area contributed by atoms with Gasteiger partial charge in [-0.2, -0.15) is 4.37 Å². The molecule has 1 aromatic rings. The average Bonchev–Trinajstić information content (AvgIpc) is 2.56. The summed E-state index contributed by atoms with van der Waals surface area (Å²) in [5.41, 5.74) is 9.88. The van der Waals surface area contributed by atoms with E-state index in [-0.39, 0.29) is 0 Å². The molecule has 1 amide bonds. The first-order valence-corrected chi connectivity index (χ1v) is 5.76. The molecule has 0 aliphatic rings. The predicted molar refractivity (Wildman–Crippen MR) is 57.0 cm³/mol. The fourth-order valence-corrected chi connectivity index (χ4v) is 2.39. The highest BCUT2D eigenvalue weighted by Gasteiger charge is 2.24. The first-order chi connectivity index (χ1) is 6.52. The monoisotopic (exact) mass is 232 g/mol. The van der Waals surface area contributed by atoms with Crippen molar-refractivity contribution >= 4 is 29.2 Å². The van der Waals surface area contributed by atoms with Crippen molar-refractivity contribution in [2.75, 3.05) is 5.75 Å². The fraction of sp³-hybridized carbons (Fsp3) is 0.571. The number of aromatic nitrogens is 2. The van der Waals surface area contributed by atoms with Gasteiger partial charge in [0.1, 0.15) is 6.33 Å². The molecule has 0 saturated carbocycles. The minimum absolute atomic E-state index is 0.477. The number of hydrogen-bond donors (Lipinski definition) is 2. The lowest BCUT2D eigenvalue weighted by molar-refractivity contribution is -0.122. The molecule has 14 heavy (non-hydrogen) atoms. The maximum absolute atomic E-state index is 10.9. The average molecular weight is 232 g/mol. The fourth-order valence-electron chi connectivity index (χ4n) is 0.700. The zero-order chi connectivity index (χ0) is 10.6. The SMILES string of the molecule is CC(N)(CCSc1ncns1)C(N)=O. The Morgan fingerprint density at radius 2 is 2.50 bits per heavy atom.